The fourth-order valence-corrected chi connectivity index (χ4v) is 4.24. The number of hydrogen-bond donors (Lipinski definition) is 1. The lowest BCUT2D eigenvalue weighted by Gasteiger charge is -2.31. The Morgan fingerprint density at radius 1 is 1.42 bits per heavy atom. The van der Waals surface area contributed by atoms with Crippen LogP contribution in [0.1, 0.15) is 19.8 Å². The summed E-state index contributed by atoms with van der Waals surface area (Å²) in [4.78, 5) is 12.3. The highest BCUT2D eigenvalue weighted by atomic mass is 32.2. The summed E-state index contributed by atoms with van der Waals surface area (Å²) in [5.41, 5.74) is 0. The van der Waals surface area contributed by atoms with Crippen LogP contribution in [0.2, 0.25) is 0 Å². The van der Waals surface area contributed by atoms with Crippen molar-refractivity contribution in [2.75, 3.05) is 26.2 Å². The zero-order valence-corrected chi connectivity index (χ0v) is 14.7. The van der Waals surface area contributed by atoms with Gasteiger partial charge in [-0.05, 0) is 44.0 Å². The molecule has 1 aromatic rings. The van der Waals surface area contributed by atoms with E-state index in [4.69, 9.17) is 4.74 Å². The standard InChI is InChI=1S/C17H24N2O4S/c1-3-11-18-17(20)14-6-5-12-19(13-14)24(21,22)16-9-7-15(8-10-16)23-4-2/h3,7-10,14H,1,4-6,11-13H2,2H3,(H,18,20)/t14-/m0/s1. The first-order valence-electron chi connectivity index (χ1n) is 8.10. The Bertz CT molecular complexity index is 670. The Labute approximate surface area is 143 Å². The zero-order chi connectivity index (χ0) is 17.6. The third-order valence-electron chi connectivity index (χ3n) is 3.95. The van der Waals surface area contributed by atoms with E-state index in [2.05, 4.69) is 11.9 Å². The second-order valence-corrected chi connectivity index (χ2v) is 7.58. The van der Waals surface area contributed by atoms with Crippen molar-refractivity contribution in [1.82, 2.24) is 9.62 Å². The molecule has 1 atom stereocenters. The maximum Gasteiger partial charge on any atom is 0.243 e. The van der Waals surface area contributed by atoms with Gasteiger partial charge in [0.05, 0.1) is 17.4 Å². The van der Waals surface area contributed by atoms with E-state index in [1.54, 1.807) is 30.3 Å². The third kappa shape index (κ3) is 4.36. The predicted octanol–water partition coefficient (Wildman–Crippen LogP) is 1.79. The molecule has 0 spiro atoms. The maximum absolute atomic E-state index is 12.8. The van der Waals surface area contributed by atoms with Gasteiger partial charge in [0.1, 0.15) is 5.75 Å². The summed E-state index contributed by atoms with van der Waals surface area (Å²) in [6.45, 7) is 6.99. The predicted molar refractivity (Wildman–Crippen MR) is 92.3 cm³/mol. The first kappa shape index (κ1) is 18.5. The van der Waals surface area contributed by atoms with Gasteiger partial charge in [0.25, 0.3) is 0 Å². The lowest BCUT2D eigenvalue weighted by Crippen LogP contribution is -2.45. The Morgan fingerprint density at radius 2 is 2.12 bits per heavy atom. The van der Waals surface area contributed by atoms with Crippen molar-refractivity contribution in [2.24, 2.45) is 5.92 Å². The van der Waals surface area contributed by atoms with E-state index < -0.39 is 10.0 Å². The van der Waals surface area contributed by atoms with Gasteiger partial charge in [-0.2, -0.15) is 4.31 Å². The number of hydrogen-bond acceptors (Lipinski definition) is 4. The van der Waals surface area contributed by atoms with Gasteiger partial charge >= 0.3 is 0 Å². The summed E-state index contributed by atoms with van der Waals surface area (Å²) in [6.07, 6.45) is 2.97. The molecule has 2 rings (SSSR count). The van der Waals surface area contributed by atoms with Crippen LogP contribution in [-0.2, 0) is 14.8 Å². The second-order valence-electron chi connectivity index (χ2n) is 5.64. The van der Waals surface area contributed by atoms with Gasteiger partial charge in [-0.3, -0.25) is 4.79 Å². The van der Waals surface area contributed by atoms with Crippen molar-refractivity contribution < 1.29 is 17.9 Å². The highest BCUT2D eigenvalue weighted by Crippen LogP contribution is 2.25. The van der Waals surface area contributed by atoms with Gasteiger partial charge < -0.3 is 10.1 Å². The van der Waals surface area contributed by atoms with Crippen molar-refractivity contribution in [3.63, 3.8) is 0 Å². The molecule has 0 unspecified atom stereocenters. The normalized spacial score (nSPS) is 18.8. The molecule has 1 saturated heterocycles. The number of ether oxygens (including phenoxy) is 1. The number of carbonyl (C=O) groups is 1. The van der Waals surface area contributed by atoms with E-state index in [0.717, 1.165) is 0 Å². The molecule has 1 aliphatic heterocycles. The number of amides is 1. The Kier molecular flexibility index (Phi) is 6.39. The molecule has 1 heterocycles. The number of carbonyl (C=O) groups excluding carboxylic acids is 1. The van der Waals surface area contributed by atoms with Crippen LogP contribution in [0.3, 0.4) is 0 Å². The van der Waals surface area contributed by atoms with Gasteiger partial charge in [-0.1, -0.05) is 6.08 Å². The first-order valence-corrected chi connectivity index (χ1v) is 9.54. The summed E-state index contributed by atoms with van der Waals surface area (Å²) >= 11 is 0. The Hall–Kier alpha value is -1.86. The van der Waals surface area contributed by atoms with E-state index in [-0.39, 0.29) is 23.3 Å². The van der Waals surface area contributed by atoms with Crippen LogP contribution in [0.25, 0.3) is 0 Å². The minimum atomic E-state index is -3.60. The smallest absolute Gasteiger partial charge is 0.243 e. The van der Waals surface area contributed by atoms with Gasteiger partial charge in [-0.15, -0.1) is 6.58 Å². The van der Waals surface area contributed by atoms with Gasteiger partial charge in [0, 0.05) is 19.6 Å². The monoisotopic (exact) mass is 352 g/mol. The molecule has 0 saturated carbocycles. The van der Waals surface area contributed by atoms with Crippen molar-refractivity contribution in [1.29, 1.82) is 0 Å². The average molecular weight is 352 g/mol. The van der Waals surface area contributed by atoms with Gasteiger partial charge in [0.15, 0.2) is 0 Å². The van der Waals surface area contributed by atoms with E-state index in [9.17, 15) is 13.2 Å². The van der Waals surface area contributed by atoms with Crippen molar-refractivity contribution in [3.8, 4) is 5.75 Å². The molecule has 0 aliphatic carbocycles. The molecule has 0 radical (unpaired) electrons. The molecule has 1 fully saturated rings. The molecule has 0 aromatic heterocycles. The number of sulfonamides is 1. The molecule has 1 aliphatic rings. The summed E-state index contributed by atoms with van der Waals surface area (Å²) in [5.74, 6) is 0.189. The number of benzene rings is 1. The number of nitrogens with one attached hydrogen (secondary N) is 1. The summed E-state index contributed by atoms with van der Waals surface area (Å²) in [7, 11) is -3.60. The van der Waals surface area contributed by atoms with Crippen LogP contribution in [0.15, 0.2) is 41.8 Å². The van der Waals surface area contributed by atoms with Crippen LogP contribution in [-0.4, -0.2) is 44.9 Å². The van der Waals surface area contributed by atoms with Gasteiger partial charge in [-0.25, -0.2) is 8.42 Å². The summed E-state index contributed by atoms with van der Waals surface area (Å²) in [5, 5.41) is 2.74. The van der Waals surface area contributed by atoms with E-state index >= 15 is 0 Å². The molecule has 132 valence electrons. The van der Waals surface area contributed by atoms with Crippen molar-refractivity contribution in [3.05, 3.63) is 36.9 Å². The minimum Gasteiger partial charge on any atom is -0.494 e. The molecule has 24 heavy (non-hydrogen) atoms. The van der Waals surface area contributed by atoms with E-state index in [1.807, 2.05) is 6.92 Å². The van der Waals surface area contributed by atoms with Crippen LogP contribution in [0.4, 0.5) is 0 Å². The van der Waals surface area contributed by atoms with Crippen LogP contribution in [0.5, 0.6) is 5.75 Å². The fourth-order valence-electron chi connectivity index (χ4n) is 2.72. The van der Waals surface area contributed by atoms with Crippen molar-refractivity contribution >= 4 is 15.9 Å². The largest absolute Gasteiger partial charge is 0.494 e. The van der Waals surface area contributed by atoms with Crippen LogP contribution >= 0.6 is 0 Å². The molecule has 0 bridgehead atoms. The molecule has 6 nitrogen and oxygen atoms in total. The highest BCUT2D eigenvalue weighted by molar-refractivity contribution is 7.89. The third-order valence-corrected chi connectivity index (χ3v) is 5.83. The fraction of sp³-hybridized carbons (Fsp3) is 0.471. The molecular weight excluding hydrogens is 328 g/mol. The highest BCUT2D eigenvalue weighted by Gasteiger charge is 2.33. The maximum atomic E-state index is 12.8. The SMILES string of the molecule is C=CCNC(=O)[C@H]1CCCN(S(=O)(=O)c2ccc(OCC)cc2)C1. The molecule has 1 aromatic carbocycles. The van der Waals surface area contributed by atoms with Crippen LogP contribution < -0.4 is 10.1 Å². The summed E-state index contributed by atoms with van der Waals surface area (Å²) < 4.78 is 32.3. The topological polar surface area (TPSA) is 75.7 Å². The average Bonchev–Trinajstić information content (AvgIpc) is 2.60. The zero-order valence-electron chi connectivity index (χ0n) is 13.9. The van der Waals surface area contributed by atoms with E-state index in [1.165, 1.54) is 4.31 Å². The quantitative estimate of drug-likeness (QED) is 0.759. The summed E-state index contributed by atoms with van der Waals surface area (Å²) in [6, 6.07) is 6.38. The lowest BCUT2D eigenvalue weighted by atomic mass is 9.99. The second kappa shape index (κ2) is 8.30. The Morgan fingerprint density at radius 3 is 2.75 bits per heavy atom. The number of piperidine rings is 1. The van der Waals surface area contributed by atoms with Crippen molar-refractivity contribution in [2.45, 2.75) is 24.7 Å². The molecule has 1 amide bonds. The molecule has 1 N–H and O–H groups in total. The number of rotatable bonds is 7. The Balaban J connectivity index is 2.10. The van der Waals surface area contributed by atoms with E-state index in [0.29, 0.717) is 38.3 Å². The lowest BCUT2D eigenvalue weighted by molar-refractivity contribution is -0.125. The van der Waals surface area contributed by atoms with Crippen LogP contribution in [0, 0.1) is 5.92 Å². The minimum absolute atomic E-state index is 0.124. The van der Waals surface area contributed by atoms with Gasteiger partial charge in [0.2, 0.25) is 15.9 Å². The molecular formula is C17H24N2O4S. The first-order chi connectivity index (χ1) is 11.5. The molecule has 7 heteroatoms. The number of nitrogens with zero attached hydrogens (tertiary/aromatic N) is 1.